The summed E-state index contributed by atoms with van der Waals surface area (Å²) in [6.07, 6.45) is 0.290. The summed E-state index contributed by atoms with van der Waals surface area (Å²) in [6.45, 7) is 8.88. The number of carbonyl (C=O) groups excluding carboxylic acids is 1. The fraction of sp³-hybridized carbons (Fsp3) is 0.857. The summed E-state index contributed by atoms with van der Waals surface area (Å²) >= 11 is 0. The summed E-state index contributed by atoms with van der Waals surface area (Å²) in [4.78, 5) is 11.1. The zero-order valence-electron chi connectivity index (χ0n) is 8.38. The van der Waals surface area contributed by atoms with Crippen molar-refractivity contribution in [3.63, 3.8) is 0 Å². The Morgan fingerprint density at radius 3 is 2.08 bits per heavy atom. The molecular formula is C7H17O3PSi. The van der Waals surface area contributed by atoms with Gasteiger partial charge in [0.1, 0.15) is 0 Å². The van der Waals surface area contributed by atoms with E-state index in [0.717, 1.165) is 0 Å². The minimum absolute atomic E-state index is 0.259. The van der Waals surface area contributed by atoms with Gasteiger partial charge in [-0.15, -0.1) is 0 Å². The van der Waals surface area contributed by atoms with Crippen LogP contribution >= 0.6 is 7.37 Å². The van der Waals surface area contributed by atoms with Crippen molar-refractivity contribution in [2.24, 2.45) is 0 Å². The SMILES string of the molecule is CCC(=O)P(C)(=O)O[Si](C)(C)C. The Hall–Kier alpha value is 0.0769. The molecule has 0 saturated heterocycles. The van der Waals surface area contributed by atoms with Crippen molar-refractivity contribution in [3.05, 3.63) is 0 Å². The second kappa shape index (κ2) is 3.86. The predicted molar refractivity (Wildman–Crippen MR) is 53.3 cm³/mol. The van der Waals surface area contributed by atoms with Crippen molar-refractivity contribution in [1.82, 2.24) is 0 Å². The highest BCUT2D eigenvalue weighted by Crippen LogP contribution is 2.47. The van der Waals surface area contributed by atoms with Crippen LogP contribution in [0.25, 0.3) is 0 Å². The molecule has 0 radical (unpaired) electrons. The summed E-state index contributed by atoms with van der Waals surface area (Å²) in [5.74, 6) is 0. The van der Waals surface area contributed by atoms with Gasteiger partial charge in [-0.2, -0.15) is 0 Å². The molecule has 0 aromatic rings. The van der Waals surface area contributed by atoms with Crippen LogP contribution in [-0.2, 0) is 13.6 Å². The summed E-state index contributed by atoms with van der Waals surface area (Å²) in [7, 11) is -4.84. The lowest BCUT2D eigenvalue weighted by molar-refractivity contribution is -0.112. The van der Waals surface area contributed by atoms with Gasteiger partial charge in [-0.3, -0.25) is 9.36 Å². The Bertz CT molecular complexity index is 219. The molecule has 72 valence electrons. The van der Waals surface area contributed by atoms with Crippen molar-refractivity contribution in [2.45, 2.75) is 33.0 Å². The van der Waals surface area contributed by atoms with Crippen LogP contribution in [0.5, 0.6) is 0 Å². The molecular weight excluding hydrogens is 191 g/mol. The molecule has 1 atom stereocenters. The Morgan fingerprint density at radius 1 is 1.42 bits per heavy atom. The van der Waals surface area contributed by atoms with Crippen LogP contribution < -0.4 is 0 Å². The number of carbonyl (C=O) groups is 1. The number of hydrogen-bond donors (Lipinski definition) is 0. The lowest BCUT2D eigenvalue weighted by Crippen LogP contribution is -2.25. The van der Waals surface area contributed by atoms with Gasteiger partial charge in [0.25, 0.3) is 7.37 Å². The number of hydrogen-bond acceptors (Lipinski definition) is 3. The molecule has 0 aliphatic rings. The molecule has 12 heavy (non-hydrogen) atoms. The first-order valence-electron chi connectivity index (χ1n) is 4.00. The normalized spacial score (nSPS) is 17.1. The largest absolute Gasteiger partial charge is 0.365 e. The molecule has 0 spiro atoms. The van der Waals surface area contributed by atoms with Crippen LogP contribution in [0, 0.1) is 0 Å². The molecule has 0 aliphatic carbocycles. The lowest BCUT2D eigenvalue weighted by Gasteiger charge is -2.21. The fourth-order valence-electron chi connectivity index (χ4n) is 0.861. The monoisotopic (exact) mass is 208 g/mol. The van der Waals surface area contributed by atoms with E-state index in [0.29, 0.717) is 0 Å². The van der Waals surface area contributed by atoms with Crippen molar-refractivity contribution < 1.29 is 13.6 Å². The fourth-order valence-corrected chi connectivity index (χ4v) is 6.02. The summed E-state index contributed by atoms with van der Waals surface area (Å²) in [5.41, 5.74) is -0.259. The van der Waals surface area contributed by atoms with E-state index >= 15 is 0 Å². The molecule has 0 fully saturated rings. The van der Waals surface area contributed by atoms with Crippen molar-refractivity contribution in [1.29, 1.82) is 0 Å². The van der Waals surface area contributed by atoms with Gasteiger partial charge < -0.3 is 4.21 Å². The van der Waals surface area contributed by atoms with Crippen LogP contribution in [0.4, 0.5) is 0 Å². The van der Waals surface area contributed by atoms with Gasteiger partial charge in [0.2, 0.25) is 5.52 Å². The van der Waals surface area contributed by atoms with Crippen molar-refractivity contribution in [2.75, 3.05) is 6.66 Å². The van der Waals surface area contributed by atoms with Gasteiger partial charge in [-0.1, -0.05) is 6.92 Å². The predicted octanol–water partition coefficient (Wildman–Crippen LogP) is 2.68. The van der Waals surface area contributed by atoms with E-state index in [2.05, 4.69) is 0 Å². The second-order valence-electron chi connectivity index (χ2n) is 3.80. The maximum absolute atomic E-state index is 11.6. The first-order chi connectivity index (χ1) is 5.19. The molecule has 0 aromatic heterocycles. The molecule has 0 heterocycles. The van der Waals surface area contributed by atoms with Crippen molar-refractivity contribution in [3.8, 4) is 0 Å². The van der Waals surface area contributed by atoms with Gasteiger partial charge in [0, 0.05) is 13.1 Å². The minimum atomic E-state index is -2.98. The third-order valence-corrected chi connectivity index (χ3v) is 6.01. The van der Waals surface area contributed by atoms with Crippen molar-refractivity contribution >= 4 is 21.2 Å². The quantitative estimate of drug-likeness (QED) is 0.527. The Kier molecular flexibility index (Phi) is 3.88. The van der Waals surface area contributed by atoms with E-state index in [1.807, 2.05) is 19.6 Å². The Morgan fingerprint density at radius 2 is 1.83 bits per heavy atom. The first-order valence-corrected chi connectivity index (χ1v) is 9.49. The molecule has 1 unspecified atom stereocenters. The molecule has 0 amide bonds. The lowest BCUT2D eigenvalue weighted by atomic mass is 10.6. The van der Waals surface area contributed by atoms with Crippen LogP contribution in [0.1, 0.15) is 13.3 Å². The third kappa shape index (κ3) is 4.19. The third-order valence-electron chi connectivity index (χ3n) is 1.20. The molecule has 0 aromatic carbocycles. The number of rotatable bonds is 4. The van der Waals surface area contributed by atoms with E-state index in [9.17, 15) is 9.36 Å². The van der Waals surface area contributed by atoms with Crippen LogP contribution in [0.15, 0.2) is 0 Å². The molecule has 5 heteroatoms. The maximum Gasteiger partial charge on any atom is 0.254 e. The molecule has 0 aliphatic heterocycles. The first kappa shape index (κ1) is 12.1. The van der Waals surface area contributed by atoms with E-state index in [1.54, 1.807) is 6.92 Å². The maximum atomic E-state index is 11.6. The van der Waals surface area contributed by atoms with Crippen LogP contribution in [0.3, 0.4) is 0 Å². The summed E-state index contributed by atoms with van der Waals surface area (Å²) in [5, 5.41) is 0. The zero-order chi connectivity index (χ0) is 9.99. The Balaban J connectivity index is 4.44. The summed E-state index contributed by atoms with van der Waals surface area (Å²) in [6, 6.07) is 0. The van der Waals surface area contributed by atoms with Gasteiger partial charge in [-0.05, 0) is 19.6 Å². The van der Waals surface area contributed by atoms with Gasteiger partial charge in [0.15, 0.2) is 8.32 Å². The molecule has 0 rings (SSSR count). The average Bonchev–Trinajstić information content (AvgIpc) is 1.80. The van der Waals surface area contributed by atoms with E-state index in [1.165, 1.54) is 6.66 Å². The minimum Gasteiger partial charge on any atom is -0.365 e. The summed E-state index contributed by atoms with van der Waals surface area (Å²) < 4.78 is 16.9. The molecule has 0 N–H and O–H groups in total. The van der Waals surface area contributed by atoms with E-state index in [-0.39, 0.29) is 11.9 Å². The van der Waals surface area contributed by atoms with Crippen LogP contribution in [-0.4, -0.2) is 20.5 Å². The topological polar surface area (TPSA) is 43.4 Å². The van der Waals surface area contributed by atoms with Gasteiger partial charge >= 0.3 is 0 Å². The zero-order valence-corrected chi connectivity index (χ0v) is 10.3. The average molecular weight is 208 g/mol. The van der Waals surface area contributed by atoms with Gasteiger partial charge in [-0.25, -0.2) is 0 Å². The van der Waals surface area contributed by atoms with Gasteiger partial charge in [0.05, 0.1) is 0 Å². The van der Waals surface area contributed by atoms with Crippen LogP contribution in [0.2, 0.25) is 19.6 Å². The smallest absolute Gasteiger partial charge is 0.254 e. The highest BCUT2D eigenvalue weighted by Gasteiger charge is 2.31. The Labute approximate surface area is 75.1 Å². The molecule has 0 bridgehead atoms. The van der Waals surface area contributed by atoms with E-state index < -0.39 is 15.7 Å². The molecule has 0 saturated carbocycles. The highest BCUT2D eigenvalue weighted by molar-refractivity contribution is 7.76. The highest BCUT2D eigenvalue weighted by atomic mass is 31.2. The molecule has 3 nitrogen and oxygen atoms in total. The second-order valence-corrected chi connectivity index (χ2v) is 10.9. The van der Waals surface area contributed by atoms with E-state index in [4.69, 9.17) is 4.21 Å². The standard InChI is InChI=1S/C7H17O3PSi/c1-6-7(8)11(2,9)10-12(3,4)5/h6H2,1-5H3.